The highest BCUT2D eigenvalue weighted by Gasteiger charge is 1.96. The van der Waals surface area contributed by atoms with Crippen LogP contribution in [0.5, 0.6) is 0 Å². The van der Waals surface area contributed by atoms with Crippen LogP contribution in [0.4, 0.5) is 5.82 Å². The van der Waals surface area contributed by atoms with Crippen LogP contribution in [0.2, 0.25) is 0 Å². The summed E-state index contributed by atoms with van der Waals surface area (Å²) in [5.41, 5.74) is 1.21. The molecule has 0 aliphatic heterocycles. The summed E-state index contributed by atoms with van der Waals surface area (Å²) in [7, 11) is 0. The number of rotatable bonds is 5. The van der Waals surface area contributed by atoms with Crippen LogP contribution in [0.3, 0.4) is 0 Å². The van der Waals surface area contributed by atoms with Crippen molar-refractivity contribution >= 4 is 5.82 Å². The molecule has 0 aliphatic rings. The number of nitrogens with zero attached hydrogens (tertiary/aromatic N) is 1. The molecular weight excluding hydrogens is 176 g/mol. The number of aliphatic hydroxyl groups is 1. The summed E-state index contributed by atoms with van der Waals surface area (Å²) in [5.74, 6) is 0.913. The quantitative estimate of drug-likeness (QED) is 0.704. The lowest BCUT2D eigenvalue weighted by atomic mass is 10.2. The fraction of sp³-hybridized carbons (Fsp3) is 0.545. The van der Waals surface area contributed by atoms with Gasteiger partial charge < -0.3 is 10.4 Å². The van der Waals surface area contributed by atoms with Crippen LogP contribution in [0.25, 0.3) is 0 Å². The highest BCUT2D eigenvalue weighted by atomic mass is 16.3. The molecule has 1 unspecified atom stereocenters. The van der Waals surface area contributed by atoms with Crippen LogP contribution in [0.1, 0.15) is 25.3 Å². The highest BCUT2D eigenvalue weighted by Crippen LogP contribution is 2.05. The molecule has 3 nitrogen and oxygen atoms in total. The SMILES string of the molecule is Cc1ccnc(NCCCC(C)O)c1. The van der Waals surface area contributed by atoms with Crippen molar-refractivity contribution in [2.24, 2.45) is 0 Å². The van der Waals surface area contributed by atoms with Gasteiger partial charge in [-0.25, -0.2) is 4.98 Å². The molecule has 1 heterocycles. The number of hydrogen-bond acceptors (Lipinski definition) is 3. The van der Waals surface area contributed by atoms with Gasteiger partial charge >= 0.3 is 0 Å². The zero-order valence-corrected chi connectivity index (χ0v) is 8.83. The summed E-state index contributed by atoms with van der Waals surface area (Å²) in [6.45, 7) is 4.72. The van der Waals surface area contributed by atoms with E-state index in [1.807, 2.05) is 26.0 Å². The molecule has 0 bridgehead atoms. The summed E-state index contributed by atoms with van der Waals surface area (Å²) in [4.78, 5) is 4.18. The number of hydrogen-bond donors (Lipinski definition) is 2. The molecular formula is C11H18N2O. The zero-order valence-electron chi connectivity index (χ0n) is 8.83. The summed E-state index contributed by atoms with van der Waals surface area (Å²) in [6.07, 6.45) is 3.39. The molecule has 1 atom stereocenters. The van der Waals surface area contributed by atoms with Crippen LogP contribution in [-0.2, 0) is 0 Å². The second kappa shape index (κ2) is 5.60. The van der Waals surface area contributed by atoms with E-state index in [4.69, 9.17) is 5.11 Å². The topological polar surface area (TPSA) is 45.2 Å². The number of aromatic nitrogens is 1. The lowest BCUT2D eigenvalue weighted by Crippen LogP contribution is -2.07. The van der Waals surface area contributed by atoms with Crippen molar-refractivity contribution in [2.45, 2.75) is 32.8 Å². The second-order valence-electron chi connectivity index (χ2n) is 3.64. The Hall–Kier alpha value is -1.09. The molecule has 0 radical (unpaired) electrons. The minimum atomic E-state index is -0.206. The standard InChI is InChI=1S/C11H18N2O/c1-9-5-7-13-11(8-9)12-6-3-4-10(2)14/h5,7-8,10,14H,3-4,6H2,1-2H3,(H,12,13). The molecule has 0 amide bonds. The Morgan fingerprint density at radius 2 is 2.36 bits per heavy atom. The maximum absolute atomic E-state index is 9.05. The number of aryl methyl sites for hydroxylation is 1. The van der Waals surface area contributed by atoms with Gasteiger partial charge in [0.05, 0.1) is 6.10 Å². The van der Waals surface area contributed by atoms with Crippen molar-refractivity contribution in [3.05, 3.63) is 23.9 Å². The first-order chi connectivity index (χ1) is 6.68. The number of aliphatic hydroxyl groups excluding tert-OH is 1. The maximum atomic E-state index is 9.05. The average molecular weight is 194 g/mol. The van der Waals surface area contributed by atoms with Gasteiger partial charge in [0.1, 0.15) is 5.82 Å². The van der Waals surface area contributed by atoms with E-state index in [9.17, 15) is 0 Å². The van der Waals surface area contributed by atoms with Crippen molar-refractivity contribution in [2.75, 3.05) is 11.9 Å². The summed E-state index contributed by atoms with van der Waals surface area (Å²) < 4.78 is 0. The first-order valence-electron chi connectivity index (χ1n) is 5.03. The zero-order chi connectivity index (χ0) is 10.4. The Bertz CT molecular complexity index is 274. The smallest absolute Gasteiger partial charge is 0.126 e. The molecule has 0 saturated heterocycles. The molecule has 1 aromatic heterocycles. The molecule has 0 aromatic carbocycles. The van der Waals surface area contributed by atoms with E-state index >= 15 is 0 Å². The molecule has 0 saturated carbocycles. The lowest BCUT2D eigenvalue weighted by molar-refractivity contribution is 0.183. The van der Waals surface area contributed by atoms with E-state index in [1.54, 1.807) is 6.20 Å². The fourth-order valence-corrected chi connectivity index (χ4v) is 1.25. The Kier molecular flexibility index (Phi) is 4.40. The van der Waals surface area contributed by atoms with E-state index < -0.39 is 0 Å². The monoisotopic (exact) mass is 194 g/mol. The average Bonchev–Trinajstić information content (AvgIpc) is 2.12. The van der Waals surface area contributed by atoms with Crippen molar-refractivity contribution in [3.63, 3.8) is 0 Å². The summed E-state index contributed by atoms with van der Waals surface area (Å²) in [6, 6.07) is 3.99. The Balaban J connectivity index is 2.25. The number of nitrogens with one attached hydrogen (secondary N) is 1. The van der Waals surface area contributed by atoms with Crippen molar-refractivity contribution in [1.82, 2.24) is 4.98 Å². The minimum absolute atomic E-state index is 0.206. The summed E-state index contributed by atoms with van der Waals surface area (Å²) in [5, 5.41) is 12.3. The van der Waals surface area contributed by atoms with Gasteiger partial charge in [0.2, 0.25) is 0 Å². The van der Waals surface area contributed by atoms with E-state index in [1.165, 1.54) is 5.56 Å². The highest BCUT2D eigenvalue weighted by molar-refractivity contribution is 5.36. The number of anilines is 1. The van der Waals surface area contributed by atoms with Crippen molar-refractivity contribution in [1.29, 1.82) is 0 Å². The summed E-state index contributed by atoms with van der Waals surface area (Å²) >= 11 is 0. The predicted molar refractivity (Wildman–Crippen MR) is 58.4 cm³/mol. The molecule has 0 spiro atoms. The normalized spacial score (nSPS) is 12.5. The van der Waals surface area contributed by atoms with Gasteiger partial charge in [0.15, 0.2) is 0 Å². The van der Waals surface area contributed by atoms with E-state index in [2.05, 4.69) is 10.3 Å². The first kappa shape index (κ1) is 11.0. The van der Waals surface area contributed by atoms with Crippen LogP contribution < -0.4 is 5.32 Å². The van der Waals surface area contributed by atoms with Gasteiger partial charge in [0, 0.05) is 12.7 Å². The molecule has 1 aromatic rings. The molecule has 1 rings (SSSR count). The Labute approximate surface area is 85.2 Å². The van der Waals surface area contributed by atoms with E-state index in [0.717, 1.165) is 25.2 Å². The van der Waals surface area contributed by atoms with Crippen LogP contribution in [0.15, 0.2) is 18.3 Å². The molecule has 14 heavy (non-hydrogen) atoms. The Morgan fingerprint density at radius 3 is 3.00 bits per heavy atom. The van der Waals surface area contributed by atoms with Gasteiger partial charge in [-0.15, -0.1) is 0 Å². The maximum Gasteiger partial charge on any atom is 0.126 e. The predicted octanol–water partition coefficient (Wildman–Crippen LogP) is 1.96. The molecule has 0 aliphatic carbocycles. The van der Waals surface area contributed by atoms with Gasteiger partial charge in [0.25, 0.3) is 0 Å². The van der Waals surface area contributed by atoms with Crippen molar-refractivity contribution < 1.29 is 5.11 Å². The van der Waals surface area contributed by atoms with Crippen molar-refractivity contribution in [3.8, 4) is 0 Å². The van der Waals surface area contributed by atoms with E-state index in [-0.39, 0.29) is 6.10 Å². The van der Waals surface area contributed by atoms with Gasteiger partial charge in [-0.05, 0) is 44.4 Å². The Morgan fingerprint density at radius 1 is 1.57 bits per heavy atom. The van der Waals surface area contributed by atoms with Crippen LogP contribution in [0, 0.1) is 6.92 Å². The second-order valence-corrected chi connectivity index (χ2v) is 3.64. The number of pyridine rings is 1. The minimum Gasteiger partial charge on any atom is -0.393 e. The van der Waals surface area contributed by atoms with Gasteiger partial charge in [-0.3, -0.25) is 0 Å². The van der Waals surface area contributed by atoms with Gasteiger partial charge in [-0.2, -0.15) is 0 Å². The molecule has 78 valence electrons. The van der Waals surface area contributed by atoms with Gasteiger partial charge in [-0.1, -0.05) is 0 Å². The first-order valence-corrected chi connectivity index (χ1v) is 5.03. The third-order valence-electron chi connectivity index (χ3n) is 2.02. The third kappa shape index (κ3) is 4.23. The van der Waals surface area contributed by atoms with E-state index in [0.29, 0.717) is 0 Å². The largest absolute Gasteiger partial charge is 0.393 e. The molecule has 3 heteroatoms. The lowest BCUT2D eigenvalue weighted by Gasteiger charge is -2.06. The fourth-order valence-electron chi connectivity index (χ4n) is 1.25. The van der Waals surface area contributed by atoms with Crippen LogP contribution >= 0.6 is 0 Å². The molecule has 2 N–H and O–H groups in total. The van der Waals surface area contributed by atoms with Crippen LogP contribution in [-0.4, -0.2) is 22.7 Å². The third-order valence-corrected chi connectivity index (χ3v) is 2.02. The molecule has 0 fully saturated rings.